The van der Waals surface area contributed by atoms with Gasteiger partial charge in [-0.25, -0.2) is 4.79 Å². The first-order valence-corrected chi connectivity index (χ1v) is 14.8. The van der Waals surface area contributed by atoms with Crippen LogP contribution in [-0.4, -0.2) is 150 Å². The van der Waals surface area contributed by atoms with Crippen molar-refractivity contribution in [3.8, 4) is 0 Å². The molecule has 0 radical (unpaired) electrons. The van der Waals surface area contributed by atoms with Crippen LogP contribution in [-0.2, 0) is 33.2 Å². The fourth-order valence-electron chi connectivity index (χ4n) is 6.39. The summed E-state index contributed by atoms with van der Waals surface area (Å²) in [6.07, 6.45) is -14.8. The van der Waals surface area contributed by atoms with Gasteiger partial charge in [-0.3, -0.25) is 0 Å². The molecule has 16 heteroatoms. The second-order valence-electron chi connectivity index (χ2n) is 12.0. The number of carbonyl (C=O) groups is 1. The zero-order valence-electron chi connectivity index (χ0n) is 24.7. The lowest BCUT2D eigenvalue weighted by Gasteiger charge is -2.46. The molecule has 0 amide bonds. The second kappa shape index (κ2) is 13.9. The summed E-state index contributed by atoms with van der Waals surface area (Å²) in [6.45, 7) is -0.00438. The Morgan fingerprint density at radius 2 is 1.41 bits per heavy atom. The summed E-state index contributed by atoms with van der Waals surface area (Å²) < 4.78 is 34.3. The number of rotatable bonds is 9. The number of hydrogen-bond acceptors (Lipinski definition) is 16. The monoisotopic (exact) mass is 656 g/mol. The third-order valence-corrected chi connectivity index (χ3v) is 8.89. The molecule has 0 spiro atoms. The van der Waals surface area contributed by atoms with Gasteiger partial charge in [0.2, 0.25) is 6.29 Å². The molecule has 0 bridgehead atoms. The Morgan fingerprint density at radius 3 is 1.98 bits per heavy atom. The standard InChI is InChI=1S/C30H40O16/c1-29(46-18(33)8-7-14-5-3-2-4-6-14)11-17(44-26-23(38)21(36)19(34)15(12-31)42-26)30(40)9-10-41-28(25(29)30)45-27-24(39)22(37)20(35)16(13-32)43-27/h2-10,15-17,19-28,31-32,34-40H,11-13H2,1H3/t15-,16-,17-,19-,20-,21+,22+,23-,24-,25-,26+,27+,28+,29+,30-/m1/s1. The number of carbonyl (C=O) groups excluding carboxylic acids is 1. The summed E-state index contributed by atoms with van der Waals surface area (Å²) in [5.74, 6) is -2.19. The Labute approximate surface area is 263 Å². The van der Waals surface area contributed by atoms with Crippen LogP contribution in [0.25, 0.3) is 6.08 Å². The van der Waals surface area contributed by atoms with Gasteiger partial charge in [0.25, 0.3) is 0 Å². The first-order chi connectivity index (χ1) is 21.8. The third-order valence-electron chi connectivity index (χ3n) is 8.89. The van der Waals surface area contributed by atoms with E-state index in [0.29, 0.717) is 5.56 Å². The van der Waals surface area contributed by atoms with Crippen molar-refractivity contribution in [3.05, 3.63) is 54.3 Å². The van der Waals surface area contributed by atoms with E-state index < -0.39 is 110 Å². The van der Waals surface area contributed by atoms with E-state index in [1.807, 2.05) is 0 Å². The summed E-state index contributed by atoms with van der Waals surface area (Å²) in [4.78, 5) is 13.1. The minimum atomic E-state index is -2.12. The van der Waals surface area contributed by atoms with Crippen LogP contribution >= 0.6 is 0 Å². The Hall–Kier alpha value is -2.55. The molecule has 3 heterocycles. The molecule has 16 nitrogen and oxygen atoms in total. The Balaban J connectivity index is 1.44. The van der Waals surface area contributed by atoms with Gasteiger partial charge in [-0.15, -0.1) is 0 Å². The molecule has 4 aliphatic rings. The van der Waals surface area contributed by atoms with Gasteiger partial charge in [0, 0.05) is 12.5 Å². The van der Waals surface area contributed by atoms with Gasteiger partial charge in [0.15, 0.2) is 12.6 Å². The van der Waals surface area contributed by atoms with Gasteiger partial charge < -0.3 is 74.4 Å². The van der Waals surface area contributed by atoms with E-state index in [1.54, 1.807) is 30.3 Å². The predicted octanol–water partition coefficient (Wildman–Crippen LogP) is -3.38. The normalized spacial score (nSPS) is 45.7. The highest BCUT2D eigenvalue weighted by atomic mass is 16.8. The number of esters is 1. The fraction of sp³-hybridized carbons (Fsp3) is 0.633. The molecule has 0 aromatic heterocycles. The highest BCUT2D eigenvalue weighted by Gasteiger charge is 2.68. The molecule has 1 saturated carbocycles. The molecule has 0 unspecified atom stereocenters. The lowest BCUT2D eigenvalue weighted by Crippen LogP contribution is -2.63. The molecule has 1 aromatic rings. The minimum Gasteiger partial charge on any atom is -0.472 e. The lowest BCUT2D eigenvalue weighted by atomic mass is 9.81. The molecule has 256 valence electrons. The molecular formula is C30H40O16. The van der Waals surface area contributed by atoms with Crippen LogP contribution in [0.15, 0.2) is 48.7 Å². The van der Waals surface area contributed by atoms with Crippen molar-refractivity contribution in [3.63, 3.8) is 0 Å². The molecule has 5 rings (SSSR count). The number of aliphatic hydroxyl groups excluding tert-OH is 8. The SMILES string of the molecule is C[C@]1(OC(=O)C=Cc2ccccc2)C[C@@H](O[C@@H]2O[C@H](CO)[C@@H](O)[C@H](O)[C@H]2O)[C@]2(O)C=CO[C@@H](O[C@@H]3O[C@H](CO)[C@@H](O)[C@H](O)[C@H]3O)[C@@H]21. The molecule has 46 heavy (non-hydrogen) atoms. The first kappa shape index (κ1) is 34.8. The van der Waals surface area contributed by atoms with E-state index >= 15 is 0 Å². The second-order valence-corrected chi connectivity index (χ2v) is 12.0. The fourth-order valence-corrected chi connectivity index (χ4v) is 6.39. The average molecular weight is 657 g/mol. The van der Waals surface area contributed by atoms with Crippen LogP contribution in [0.2, 0.25) is 0 Å². The van der Waals surface area contributed by atoms with Crippen LogP contribution in [0.3, 0.4) is 0 Å². The zero-order chi connectivity index (χ0) is 33.4. The van der Waals surface area contributed by atoms with Gasteiger partial charge in [-0.1, -0.05) is 30.3 Å². The number of ether oxygens (including phenoxy) is 6. The van der Waals surface area contributed by atoms with Crippen molar-refractivity contribution in [1.29, 1.82) is 0 Å². The smallest absolute Gasteiger partial charge is 0.331 e. The molecule has 15 atom stereocenters. The number of benzene rings is 1. The van der Waals surface area contributed by atoms with Gasteiger partial charge >= 0.3 is 5.97 Å². The average Bonchev–Trinajstić information content (AvgIpc) is 3.26. The van der Waals surface area contributed by atoms with E-state index in [1.165, 1.54) is 25.2 Å². The Kier molecular flexibility index (Phi) is 10.5. The van der Waals surface area contributed by atoms with Crippen molar-refractivity contribution in [1.82, 2.24) is 0 Å². The third kappa shape index (κ3) is 6.59. The van der Waals surface area contributed by atoms with E-state index in [9.17, 15) is 50.8 Å². The number of hydrogen-bond donors (Lipinski definition) is 9. The van der Waals surface area contributed by atoms with Crippen molar-refractivity contribution >= 4 is 12.0 Å². The van der Waals surface area contributed by atoms with E-state index in [2.05, 4.69) is 0 Å². The largest absolute Gasteiger partial charge is 0.472 e. The van der Waals surface area contributed by atoms with Gasteiger partial charge in [-0.2, -0.15) is 0 Å². The minimum absolute atomic E-state index is 0.281. The highest BCUT2D eigenvalue weighted by molar-refractivity contribution is 5.87. The Bertz CT molecular complexity index is 1240. The molecule has 3 aliphatic heterocycles. The summed E-state index contributed by atoms with van der Waals surface area (Å²) in [5, 5.41) is 93.5. The molecule has 1 aromatic carbocycles. The molecule has 1 aliphatic carbocycles. The van der Waals surface area contributed by atoms with Crippen molar-refractivity contribution in [2.24, 2.45) is 5.92 Å². The van der Waals surface area contributed by atoms with Crippen molar-refractivity contribution in [2.45, 2.75) is 98.4 Å². The topological polar surface area (TPSA) is 255 Å². The van der Waals surface area contributed by atoms with Crippen molar-refractivity contribution < 1.29 is 79.2 Å². The first-order valence-electron chi connectivity index (χ1n) is 14.8. The summed E-state index contributed by atoms with van der Waals surface area (Å²) in [7, 11) is 0. The maximum atomic E-state index is 13.1. The molecule has 2 saturated heterocycles. The van der Waals surface area contributed by atoms with E-state index in [0.717, 1.165) is 6.26 Å². The summed E-state index contributed by atoms with van der Waals surface area (Å²) in [6, 6.07) is 8.87. The van der Waals surface area contributed by atoms with Crippen LogP contribution < -0.4 is 0 Å². The maximum Gasteiger partial charge on any atom is 0.331 e. The quantitative estimate of drug-likeness (QED) is 0.0928. The summed E-state index contributed by atoms with van der Waals surface area (Å²) >= 11 is 0. The molecule has 3 fully saturated rings. The van der Waals surface area contributed by atoms with Crippen LogP contribution in [0, 0.1) is 5.92 Å². The maximum absolute atomic E-state index is 13.1. The number of fused-ring (bicyclic) bond motifs is 1. The van der Waals surface area contributed by atoms with Crippen LogP contribution in [0.5, 0.6) is 0 Å². The highest BCUT2D eigenvalue weighted by Crippen LogP contribution is 2.53. The van der Waals surface area contributed by atoms with Gasteiger partial charge in [0.05, 0.1) is 31.5 Å². The van der Waals surface area contributed by atoms with Crippen LogP contribution in [0.4, 0.5) is 0 Å². The van der Waals surface area contributed by atoms with Gasteiger partial charge in [-0.05, 0) is 24.6 Å². The molecule has 9 N–H and O–H groups in total. The van der Waals surface area contributed by atoms with Gasteiger partial charge in [0.1, 0.15) is 60.0 Å². The Morgan fingerprint density at radius 1 is 0.848 bits per heavy atom. The van der Waals surface area contributed by atoms with Crippen LogP contribution in [0.1, 0.15) is 18.9 Å². The number of aliphatic hydroxyl groups is 9. The summed E-state index contributed by atoms with van der Waals surface area (Å²) in [5.41, 5.74) is -3.10. The lowest BCUT2D eigenvalue weighted by molar-refractivity contribution is -0.354. The van der Waals surface area contributed by atoms with E-state index in [4.69, 9.17) is 28.4 Å². The zero-order valence-corrected chi connectivity index (χ0v) is 24.7. The molecular weight excluding hydrogens is 616 g/mol. The van der Waals surface area contributed by atoms with E-state index in [-0.39, 0.29) is 6.42 Å². The van der Waals surface area contributed by atoms with Crippen molar-refractivity contribution in [2.75, 3.05) is 13.2 Å². The predicted molar refractivity (Wildman–Crippen MR) is 151 cm³/mol.